The van der Waals surface area contributed by atoms with Crippen LogP contribution in [0.5, 0.6) is 0 Å². The maximum Gasteiger partial charge on any atom is 0.269 e. The predicted octanol–water partition coefficient (Wildman–Crippen LogP) is 1.91. The average molecular weight is 269 g/mol. The molecule has 1 N–H and O–H groups in total. The van der Waals surface area contributed by atoms with Crippen molar-refractivity contribution in [3.05, 3.63) is 58.0 Å². The molecule has 2 rings (SSSR count). The van der Waals surface area contributed by atoms with Crippen molar-refractivity contribution in [2.75, 3.05) is 11.9 Å². The first-order chi connectivity index (χ1) is 9.69. The van der Waals surface area contributed by atoms with E-state index in [1.54, 1.807) is 12.1 Å². The number of nitrogens with zero attached hydrogens (tertiary/aromatic N) is 4. The van der Waals surface area contributed by atoms with E-state index in [1.165, 1.54) is 24.5 Å². The third kappa shape index (κ3) is 3.49. The molecule has 0 radical (unpaired) electrons. The van der Waals surface area contributed by atoms with Crippen molar-refractivity contribution in [1.82, 2.24) is 9.97 Å². The summed E-state index contributed by atoms with van der Waals surface area (Å²) in [6.45, 7) is 0.623. The number of nitriles is 1. The Morgan fingerprint density at radius 1 is 1.25 bits per heavy atom. The van der Waals surface area contributed by atoms with Crippen LogP contribution >= 0.6 is 0 Å². The molecule has 0 aliphatic rings. The second kappa shape index (κ2) is 6.24. The first-order valence-electron chi connectivity index (χ1n) is 5.88. The minimum atomic E-state index is -0.422. The van der Waals surface area contributed by atoms with Gasteiger partial charge in [-0.1, -0.05) is 12.1 Å². The predicted molar refractivity (Wildman–Crippen MR) is 72.0 cm³/mol. The molecule has 0 aliphatic carbocycles. The van der Waals surface area contributed by atoms with Crippen molar-refractivity contribution in [3.8, 4) is 6.07 Å². The molecule has 1 heterocycles. The zero-order valence-corrected chi connectivity index (χ0v) is 10.5. The van der Waals surface area contributed by atoms with Gasteiger partial charge >= 0.3 is 0 Å². The molecular formula is C13H11N5O2. The number of hydrogen-bond donors (Lipinski definition) is 1. The molecule has 7 nitrogen and oxygen atoms in total. The minimum absolute atomic E-state index is 0.0830. The van der Waals surface area contributed by atoms with E-state index < -0.39 is 4.92 Å². The molecule has 0 saturated heterocycles. The Bertz CT molecular complexity index is 631. The van der Waals surface area contributed by atoms with E-state index >= 15 is 0 Å². The number of non-ortho nitro benzene ring substituents is 1. The normalized spacial score (nSPS) is 9.75. The van der Waals surface area contributed by atoms with E-state index in [1.807, 2.05) is 6.07 Å². The van der Waals surface area contributed by atoms with Gasteiger partial charge in [-0.15, -0.1) is 0 Å². The van der Waals surface area contributed by atoms with Gasteiger partial charge in [0, 0.05) is 18.7 Å². The van der Waals surface area contributed by atoms with Gasteiger partial charge in [0.1, 0.15) is 11.9 Å². The first kappa shape index (κ1) is 13.4. The number of rotatable bonds is 5. The third-order valence-electron chi connectivity index (χ3n) is 2.63. The molecule has 0 atom stereocenters. The van der Waals surface area contributed by atoms with Gasteiger partial charge in [-0.25, -0.2) is 9.97 Å². The zero-order chi connectivity index (χ0) is 14.4. The van der Waals surface area contributed by atoms with E-state index in [-0.39, 0.29) is 11.4 Å². The van der Waals surface area contributed by atoms with E-state index in [2.05, 4.69) is 15.3 Å². The molecule has 7 heteroatoms. The number of anilines is 1. The summed E-state index contributed by atoms with van der Waals surface area (Å²) in [5, 5.41) is 22.2. The van der Waals surface area contributed by atoms with E-state index in [0.717, 1.165) is 5.56 Å². The topological polar surface area (TPSA) is 105 Å². The highest BCUT2D eigenvalue weighted by atomic mass is 16.6. The molecular weight excluding hydrogens is 258 g/mol. The van der Waals surface area contributed by atoms with Gasteiger partial charge in [0.15, 0.2) is 5.69 Å². The van der Waals surface area contributed by atoms with Crippen LogP contribution in [0, 0.1) is 21.4 Å². The number of hydrogen-bond acceptors (Lipinski definition) is 6. The SMILES string of the molecule is N#Cc1cnc(NCCc2ccc([N+](=O)[O-])cc2)cn1. The fraction of sp³-hybridized carbons (Fsp3) is 0.154. The summed E-state index contributed by atoms with van der Waals surface area (Å²) < 4.78 is 0. The summed E-state index contributed by atoms with van der Waals surface area (Å²) in [5.74, 6) is 0.589. The van der Waals surface area contributed by atoms with Crippen LogP contribution in [0.1, 0.15) is 11.3 Å². The van der Waals surface area contributed by atoms with Crippen LogP contribution in [-0.2, 0) is 6.42 Å². The Hall–Kier alpha value is -3.01. The van der Waals surface area contributed by atoms with Crippen LogP contribution in [0.25, 0.3) is 0 Å². The Morgan fingerprint density at radius 2 is 2.00 bits per heavy atom. The molecule has 100 valence electrons. The van der Waals surface area contributed by atoms with Crippen LogP contribution < -0.4 is 5.32 Å². The molecule has 0 spiro atoms. The van der Waals surface area contributed by atoms with Crippen molar-refractivity contribution < 1.29 is 4.92 Å². The Morgan fingerprint density at radius 3 is 2.55 bits per heavy atom. The zero-order valence-electron chi connectivity index (χ0n) is 10.5. The second-order valence-corrected chi connectivity index (χ2v) is 4.00. The smallest absolute Gasteiger partial charge is 0.269 e. The monoisotopic (exact) mass is 269 g/mol. The largest absolute Gasteiger partial charge is 0.368 e. The van der Waals surface area contributed by atoms with Crippen LogP contribution in [0.3, 0.4) is 0 Å². The quantitative estimate of drug-likeness (QED) is 0.656. The first-order valence-corrected chi connectivity index (χ1v) is 5.88. The van der Waals surface area contributed by atoms with Crippen molar-refractivity contribution in [3.63, 3.8) is 0 Å². The highest BCUT2D eigenvalue weighted by Crippen LogP contribution is 2.12. The molecule has 0 unspecified atom stereocenters. The molecule has 1 aromatic carbocycles. The molecule has 0 amide bonds. The van der Waals surface area contributed by atoms with Gasteiger partial charge < -0.3 is 5.32 Å². The highest BCUT2D eigenvalue weighted by Gasteiger charge is 2.03. The van der Waals surface area contributed by atoms with E-state index in [9.17, 15) is 10.1 Å². The van der Waals surface area contributed by atoms with Crippen LogP contribution in [0.4, 0.5) is 11.5 Å². The lowest BCUT2D eigenvalue weighted by Gasteiger charge is -2.05. The summed E-state index contributed by atoms with van der Waals surface area (Å²) in [5.41, 5.74) is 1.34. The standard InChI is InChI=1S/C13H11N5O2/c14-7-11-8-17-13(9-16-11)15-6-5-10-1-3-12(4-2-10)18(19)20/h1-4,8-9H,5-6H2,(H,15,17). The Balaban J connectivity index is 1.86. The van der Waals surface area contributed by atoms with Gasteiger partial charge in [0.2, 0.25) is 0 Å². The van der Waals surface area contributed by atoms with Gasteiger partial charge in [-0.3, -0.25) is 10.1 Å². The maximum atomic E-state index is 10.5. The second-order valence-electron chi connectivity index (χ2n) is 4.00. The number of aromatic nitrogens is 2. The maximum absolute atomic E-state index is 10.5. The number of nitrogens with one attached hydrogen (secondary N) is 1. The summed E-state index contributed by atoms with van der Waals surface area (Å²) in [6.07, 6.45) is 3.60. The van der Waals surface area contributed by atoms with Crippen molar-refractivity contribution >= 4 is 11.5 Å². The number of nitro groups is 1. The highest BCUT2D eigenvalue weighted by molar-refractivity contribution is 5.35. The lowest BCUT2D eigenvalue weighted by molar-refractivity contribution is -0.384. The number of benzene rings is 1. The molecule has 0 bridgehead atoms. The summed E-state index contributed by atoms with van der Waals surface area (Å²) in [6, 6.07) is 8.31. The van der Waals surface area contributed by atoms with Crippen LogP contribution in [-0.4, -0.2) is 21.4 Å². The average Bonchev–Trinajstić information content (AvgIpc) is 2.48. The molecule has 0 fully saturated rings. The van der Waals surface area contributed by atoms with Gasteiger partial charge in [0.25, 0.3) is 5.69 Å². The Labute approximate surface area is 115 Å². The van der Waals surface area contributed by atoms with Gasteiger partial charge in [0.05, 0.1) is 17.3 Å². The summed E-state index contributed by atoms with van der Waals surface area (Å²) in [4.78, 5) is 18.0. The molecule has 1 aromatic heterocycles. The lowest BCUT2D eigenvalue weighted by Crippen LogP contribution is -2.06. The van der Waals surface area contributed by atoms with Crippen molar-refractivity contribution in [1.29, 1.82) is 5.26 Å². The van der Waals surface area contributed by atoms with Crippen LogP contribution in [0.2, 0.25) is 0 Å². The van der Waals surface area contributed by atoms with Crippen molar-refractivity contribution in [2.45, 2.75) is 6.42 Å². The fourth-order valence-corrected chi connectivity index (χ4v) is 1.60. The lowest BCUT2D eigenvalue weighted by atomic mass is 10.1. The molecule has 20 heavy (non-hydrogen) atoms. The van der Waals surface area contributed by atoms with Crippen molar-refractivity contribution in [2.24, 2.45) is 0 Å². The number of nitro benzene ring substituents is 1. The molecule has 0 saturated carbocycles. The Kier molecular flexibility index (Phi) is 4.19. The molecule has 2 aromatic rings. The van der Waals surface area contributed by atoms with E-state index in [0.29, 0.717) is 18.8 Å². The minimum Gasteiger partial charge on any atom is -0.368 e. The van der Waals surface area contributed by atoms with Crippen LogP contribution in [0.15, 0.2) is 36.7 Å². The van der Waals surface area contributed by atoms with Gasteiger partial charge in [-0.2, -0.15) is 5.26 Å². The fourth-order valence-electron chi connectivity index (χ4n) is 1.60. The summed E-state index contributed by atoms with van der Waals surface area (Å²) >= 11 is 0. The summed E-state index contributed by atoms with van der Waals surface area (Å²) in [7, 11) is 0. The van der Waals surface area contributed by atoms with E-state index in [4.69, 9.17) is 5.26 Å². The molecule has 0 aliphatic heterocycles. The third-order valence-corrected chi connectivity index (χ3v) is 2.63. The van der Waals surface area contributed by atoms with Gasteiger partial charge in [-0.05, 0) is 12.0 Å².